The topological polar surface area (TPSA) is 82.5 Å². The number of thiazole rings is 1. The molecule has 2 aliphatic heterocycles. The van der Waals surface area contributed by atoms with Gasteiger partial charge < -0.3 is 15.3 Å². The predicted octanol–water partition coefficient (Wildman–Crippen LogP) is 1.40. The van der Waals surface area contributed by atoms with E-state index in [4.69, 9.17) is 0 Å². The van der Waals surface area contributed by atoms with Crippen LogP contribution in [0.15, 0.2) is 23.7 Å². The van der Waals surface area contributed by atoms with E-state index in [0.717, 1.165) is 16.6 Å². The number of nitrogens with zero attached hydrogens (tertiary/aromatic N) is 2. The lowest BCUT2D eigenvalue weighted by molar-refractivity contribution is -0.147. The molecule has 0 radical (unpaired) electrons. The summed E-state index contributed by atoms with van der Waals surface area (Å²) in [5, 5.41) is 13.3. The number of benzene rings is 1. The molecule has 3 heterocycles. The fourth-order valence-corrected chi connectivity index (χ4v) is 4.45. The number of hydrogen-bond donors (Lipinski definition) is 2. The van der Waals surface area contributed by atoms with Crippen LogP contribution in [-0.4, -0.2) is 52.5 Å². The molecule has 1 aromatic heterocycles. The number of likely N-dealkylation sites (tertiary alicyclic amines) is 1. The smallest absolute Gasteiger partial charge is 0.253 e. The lowest BCUT2D eigenvalue weighted by Gasteiger charge is -2.46. The van der Waals surface area contributed by atoms with Crippen molar-refractivity contribution >= 4 is 33.4 Å². The van der Waals surface area contributed by atoms with Gasteiger partial charge in [-0.05, 0) is 37.5 Å². The lowest BCUT2D eigenvalue weighted by atomic mass is 9.71. The van der Waals surface area contributed by atoms with E-state index in [2.05, 4.69) is 10.3 Å². The van der Waals surface area contributed by atoms with Gasteiger partial charge in [0.15, 0.2) is 0 Å². The third kappa shape index (κ3) is 2.39. The minimum absolute atomic E-state index is 0.102. The number of aromatic nitrogens is 1. The molecule has 0 saturated carbocycles. The predicted molar refractivity (Wildman–Crippen MR) is 90.8 cm³/mol. The zero-order valence-electron chi connectivity index (χ0n) is 13.2. The van der Waals surface area contributed by atoms with Crippen molar-refractivity contribution in [3.05, 3.63) is 29.3 Å². The summed E-state index contributed by atoms with van der Waals surface area (Å²) in [5.74, 6) is -0.233. The van der Waals surface area contributed by atoms with E-state index in [0.29, 0.717) is 31.5 Å². The minimum atomic E-state index is -0.864. The molecule has 0 bridgehead atoms. The monoisotopic (exact) mass is 345 g/mol. The molecule has 2 aliphatic rings. The Morgan fingerprint density at radius 1 is 1.46 bits per heavy atom. The first-order chi connectivity index (χ1) is 11.6. The number of hydrogen-bond acceptors (Lipinski definition) is 5. The Hall–Kier alpha value is -1.99. The minimum Gasteiger partial charge on any atom is -0.392 e. The average molecular weight is 345 g/mol. The van der Waals surface area contributed by atoms with Crippen molar-refractivity contribution in [2.45, 2.75) is 25.4 Å². The highest BCUT2D eigenvalue weighted by atomic mass is 32.1. The molecule has 1 aromatic carbocycles. The van der Waals surface area contributed by atoms with E-state index in [1.54, 1.807) is 16.5 Å². The molecule has 2 amide bonds. The van der Waals surface area contributed by atoms with E-state index in [9.17, 15) is 14.7 Å². The Balaban J connectivity index is 1.61. The van der Waals surface area contributed by atoms with Gasteiger partial charge in [-0.25, -0.2) is 4.98 Å². The number of aliphatic hydroxyl groups is 1. The second-order valence-corrected chi connectivity index (χ2v) is 7.47. The van der Waals surface area contributed by atoms with Gasteiger partial charge in [0.1, 0.15) is 0 Å². The summed E-state index contributed by atoms with van der Waals surface area (Å²) in [6.07, 6.45) is 1.19. The largest absolute Gasteiger partial charge is 0.392 e. The lowest BCUT2D eigenvalue weighted by Crippen LogP contribution is -2.62. The molecule has 4 rings (SSSR count). The second kappa shape index (κ2) is 5.82. The fourth-order valence-electron chi connectivity index (χ4n) is 3.79. The molecule has 2 aromatic rings. The highest BCUT2D eigenvalue weighted by Crippen LogP contribution is 2.37. The maximum Gasteiger partial charge on any atom is 0.253 e. The molecular formula is C17H19N3O3S. The summed E-state index contributed by atoms with van der Waals surface area (Å²) in [4.78, 5) is 31.3. The van der Waals surface area contributed by atoms with Crippen LogP contribution < -0.4 is 5.32 Å². The van der Waals surface area contributed by atoms with Crippen LogP contribution in [-0.2, 0) is 4.79 Å². The Morgan fingerprint density at radius 3 is 3.17 bits per heavy atom. The second-order valence-electron chi connectivity index (χ2n) is 6.58. The summed E-state index contributed by atoms with van der Waals surface area (Å²) >= 11 is 1.54. The Bertz CT molecular complexity index is 805. The maximum absolute atomic E-state index is 12.9. The fraction of sp³-hybridized carbons (Fsp3) is 0.471. The summed E-state index contributed by atoms with van der Waals surface area (Å²) in [7, 11) is 0. The van der Waals surface area contributed by atoms with Crippen LogP contribution in [0.1, 0.15) is 29.6 Å². The molecule has 0 unspecified atom stereocenters. The number of aliphatic hydroxyl groups excluding tert-OH is 1. The normalized spacial score (nSPS) is 27.5. The van der Waals surface area contributed by atoms with E-state index in [1.807, 2.05) is 12.1 Å². The first-order valence-corrected chi connectivity index (χ1v) is 9.07. The van der Waals surface area contributed by atoms with Gasteiger partial charge in [-0.1, -0.05) is 0 Å². The molecule has 6 nitrogen and oxygen atoms in total. The summed E-state index contributed by atoms with van der Waals surface area (Å²) in [5.41, 5.74) is 2.29. The van der Waals surface area contributed by atoms with Crippen LogP contribution in [0.5, 0.6) is 0 Å². The van der Waals surface area contributed by atoms with Crippen LogP contribution in [0.3, 0.4) is 0 Å². The van der Waals surface area contributed by atoms with Crippen molar-refractivity contribution < 1.29 is 14.7 Å². The highest BCUT2D eigenvalue weighted by Gasteiger charge is 2.50. The van der Waals surface area contributed by atoms with E-state index in [1.165, 1.54) is 11.3 Å². The van der Waals surface area contributed by atoms with Crippen LogP contribution in [0.4, 0.5) is 0 Å². The van der Waals surface area contributed by atoms with Crippen molar-refractivity contribution in [3.63, 3.8) is 0 Å². The van der Waals surface area contributed by atoms with Gasteiger partial charge in [-0.15, -0.1) is 11.3 Å². The van der Waals surface area contributed by atoms with Crippen molar-refractivity contribution in [2.24, 2.45) is 5.41 Å². The number of nitrogens with one attached hydrogen (secondary N) is 1. The molecule has 2 saturated heterocycles. The molecule has 2 fully saturated rings. The van der Waals surface area contributed by atoms with Gasteiger partial charge in [-0.2, -0.15) is 0 Å². The summed E-state index contributed by atoms with van der Waals surface area (Å²) in [6, 6.07) is 5.51. The van der Waals surface area contributed by atoms with Gasteiger partial charge in [0, 0.05) is 25.2 Å². The van der Waals surface area contributed by atoms with Gasteiger partial charge in [-0.3, -0.25) is 9.59 Å². The maximum atomic E-state index is 12.9. The number of rotatable bonds is 1. The van der Waals surface area contributed by atoms with Gasteiger partial charge in [0.2, 0.25) is 5.91 Å². The van der Waals surface area contributed by atoms with Crippen LogP contribution in [0, 0.1) is 5.41 Å². The Kier molecular flexibility index (Phi) is 3.77. The number of fused-ring (bicyclic) bond motifs is 1. The molecule has 1 spiro atoms. The summed E-state index contributed by atoms with van der Waals surface area (Å²) < 4.78 is 1.05. The first kappa shape index (κ1) is 15.5. The molecule has 24 heavy (non-hydrogen) atoms. The zero-order valence-corrected chi connectivity index (χ0v) is 14.0. The summed E-state index contributed by atoms with van der Waals surface area (Å²) in [6.45, 7) is 1.37. The molecule has 0 aliphatic carbocycles. The Labute approximate surface area is 143 Å². The molecular weight excluding hydrogens is 326 g/mol. The third-order valence-corrected chi connectivity index (χ3v) is 6.00. The zero-order chi connectivity index (χ0) is 16.7. The quantitative estimate of drug-likeness (QED) is 0.818. The first-order valence-electron chi connectivity index (χ1n) is 8.19. The number of carbonyl (C=O) groups is 2. The number of piperidine rings is 2. The van der Waals surface area contributed by atoms with E-state index < -0.39 is 11.5 Å². The van der Waals surface area contributed by atoms with Crippen LogP contribution in [0.2, 0.25) is 0 Å². The van der Waals surface area contributed by atoms with E-state index in [-0.39, 0.29) is 18.4 Å². The molecule has 7 heteroatoms. The van der Waals surface area contributed by atoms with Crippen LogP contribution in [0.25, 0.3) is 10.2 Å². The van der Waals surface area contributed by atoms with Gasteiger partial charge in [0.25, 0.3) is 5.91 Å². The molecule has 126 valence electrons. The van der Waals surface area contributed by atoms with Crippen LogP contribution >= 0.6 is 11.3 Å². The Morgan fingerprint density at radius 2 is 2.33 bits per heavy atom. The van der Waals surface area contributed by atoms with Crippen molar-refractivity contribution in [2.75, 3.05) is 19.6 Å². The van der Waals surface area contributed by atoms with Gasteiger partial charge >= 0.3 is 0 Å². The third-order valence-electron chi connectivity index (χ3n) is 5.19. The highest BCUT2D eigenvalue weighted by molar-refractivity contribution is 7.16. The van der Waals surface area contributed by atoms with Crippen molar-refractivity contribution in [3.8, 4) is 0 Å². The van der Waals surface area contributed by atoms with Gasteiger partial charge in [0.05, 0.1) is 27.2 Å². The van der Waals surface area contributed by atoms with E-state index >= 15 is 0 Å². The number of carbonyl (C=O) groups excluding carboxylic acids is 2. The average Bonchev–Trinajstić information content (AvgIpc) is 3.06. The molecule has 2 N–H and O–H groups in total. The van der Waals surface area contributed by atoms with Crippen molar-refractivity contribution in [1.82, 2.24) is 15.2 Å². The molecule has 2 atom stereocenters. The number of amides is 2. The standard InChI is InChI=1S/C17H19N3O3S/c21-14-4-7-20(9-17(14)5-1-6-18-16(17)23)15(22)11-2-3-13-12(8-11)19-10-24-13/h2-3,8,10,14,21H,1,4-7,9H2,(H,18,23)/t14-,17+/m0/s1. The SMILES string of the molecule is O=C(c1ccc2scnc2c1)N1CC[C@H](O)[C@@]2(CCCNC2=O)C1. The van der Waals surface area contributed by atoms with Crippen molar-refractivity contribution in [1.29, 1.82) is 0 Å².